The van der Waals surface area contributed by atoms with Crippen LogP contribution in [0.4, 0.5) is 45.5 Å². The molecule has 0 aliphatic heterocycles. The summed E-state index contributed by atoms with van der Waals surface area (Å²) >= 11 is 25.0. The van der Waals surface area contributed by atoms with Gasteiger partial charge in [0.1, 0.15) is 22.7 Å². The molecule has 0 saturated heterocycles. The van der Waals surface area contributed by atoms with E-state index in [1.807, 2.05) is 36.4 Å². The molecule has 0 unspecified atom stereocenters. The van der Waals surface area contributed by atoms with Gasteiger partial charge < -0.3 is 31.5 Å². The quantitative estimate of drug-likeness (QED) is 0.0584. The zero-order chi connectivity index (χ0) is 55.2. The van der Waals surface area contributed by atoms with Crippen LogP contribution in [0.1, 0.15) is 52.6 Å². The van der Waals surface area contributed by atoms with Gasteiger partial charge in [0.15, 0.2) is 11.5 Å². The summed E-state index contributed by atoms with van der Waals surface area (Å²) in [5, 5.41) is 54.4. The number of aromatic hydroxyl groups is 2. The number of phenols is 2. The van der Waals surface area contributed by atoms with Crippen LogP contribution >= 0.6 is 46.4 Å². The molecular formula is C61H40Cl4N8O6. The number of carbonyl (C=O) groups is 4. The number of hydrogen-bond donors (Lipinski definition) is 6. The molecule has 0 heterocycles. The molecule has 14 nitrogen and oxygen atoms in total. The van der Waals surface area contributed by atoms with E-state index >= 15 is 0 Å². The Morgan fingerprint density at radius 2 is 0.747 bits per heavy atom. The summed E-state index contributed by atoms with van der Waals surface area (Å²) in [6, 6.07) is 54.2. The van der Waals surface area contributed by atoms with Gasteiger partial charge in [-0.25, -0.2) is 0 Å². The molecule has 0 bridgehead atoms. The van der Waals surface area contributed by atoms with Crippen molar-refractivity contribution in [3.63, 3.8) is 0 Å². The number of hydrogen-bond acceptors (Lipinski definition) is 10. The zero-order valence-electron chi connectivity index (χ0n) is 41.0. The maximum absolute atomic E-state index is 13.7. The van der Waals surface area contributed by atoms with Crippen molar-refractivity contribution in [1.29, 1.82) is 0 Å². The standard InChI is InChI=1S/C61H40Cl4N8O6/c62-40-17-25-50(64)52(32-40)70-72-54-46-23-15-36(28-38(46)30-48(56(54)74)60(78)68-42-7-3-1-4-8-42)58(76)66-44-19-11-34(12-20-44)27-35-13-21-45(22-14-35)67-59(77)37-16-24-47-39(29-37)31-49(61(79)69-43-9-5-2-6-10-43)57(75)55(47)73-71-53-33-41(63)18-26-51(53)65/h1-26,28-33,74-75H,27H2,(H,66,76)(H,67,77)(H,68,78)(H,69,79). The summed E-state index contributed by atoms with van der Waals surface area (Å²) in [5.74, 6) is -2.91. The van der Waals surface area contributed by atoms with Crippen molar-refractivity contribution < 1.29 is 29.4 Å². The number of amides is 4. The predicted molar refractivity (Wildman–Crippen MR) is 313 cm³/mol. The van der Waals surface area contributed by atoms with Gasteiger partial charge in [-0.1, -0.05) is 119 Å². The Morgan fingerprint density at radius 1 is 0.380 bits per heavy atom. The van der Waals surface area contributed by atoms with Crippen molar-refractivity contribution in [2.24, 2.45) is 20.5 Å². The number of anilines is 4. The summed E-state index contributed by atoms with van der Waals surface area (Å²) in [6.45, 7) is 0. The van der Waals surface area contributed by atoms with Crippen LogP contribution in [0, 0.1) is 0 Å². The molecule has 0 aliphatic carbocycles. The van der Waals surface area contributed by atoms with Gasteiger partial charge in [-0.15, -0.1) is 20.5 Å². The van der Waals surface area contributed by atoms with Gasteiger partial charge in [-0.3, -0.25) is 19.2 Å². The molecule has 0 saturated carbocycles. The smallest absolute Gasteiger partial charge is 0.259 e. The Morgan fingerprint density at radius 3 is 1.14 bits per heavy atom. The Labute approximate surface area is 471 Å². The van der Waals surface area contributed by atoms with Crippen LogP contribution in [0.2, 0.25) is 20.1 Å². The summed E-state index contributed by atoms with van der Waals surface area (Å²) in [7, 11) is 0. The second kappa shape index (κ2) is 23.4. The molecule has 6 N–H and O–H groups in total. The average molecular weight is 1120 g/mol. The lowest BCUT2D eigenvalue weighted by Crippen LogP contribution is -2.13. The van der Waals surface area contributed by atoms with Gasteiger partial charge in [-0.2, -0.15) is 0 Å². The highest BCUT2D eigenvalue weighted by molar-refractivity contribution is 6.35. The van der Waals surface area contributed by atoms with Crippen LogP contribution in [-0.4, -0.2) is 33.8 Å². The van der Waals surface area contributed by atoms with Gasteiger partial charge in [0, 0.05) is 54.7 Å². The van der Waals surface area contributed by atoms with E-state index in [9.17, 15) is 29.4 Å². The highest BCUT2D eigenvalue weighted by atomic mass is 35.5. The van der Waals surface area contributed by atoms with Crippen molar-refractivity contribution in [3.8, 4) is 11.5 Å². The number of halogens is 4. The van der Waals surface area contributed by atoms with Crippen molar-refractivity contribution in [2.75, 3.05) is 21.3 Å². The number of rotatable bonds is 14. The maximum Gasteiger partial charge on any atom is 0.259 e. The minimum atomic E-state index is -0.608. The van der Waals surface area contributed by atoms with E-state index in [4.69, 9.17) is 46.4 Å². The van der Waals surface area contributed by atoms with Crippen molar-refractivity contribution in [3.05, 3.63) is 248 Å². The zero-order valence-corrected chi connectivity index (χ0v) is 44.0. The van der Waals surface area contributed by atoms with Crippen LogP contribution < -0.4 is 21.3 Å². The molecular weight excluding hydrogens is 1080 g/mol. The van der Waals surface area contributed by atoms with E-state index in [-0.39, 0.29) is 55.0 Å². The van der Waals surface area contributed by atoms with E-state index < -0.39 is 35.1 Å². The van der Waals surface area contributed by atoms with Crippen LogP contribution in [0.3, 0.4) is 0 Å². The Bertz CT molecular complexity index is 3830. The minimum Gasteiger partial charge on any atom is -0.505 e. The molecule has 0 radical (unpaired) electrons. The van der Waals surface area contributed by atoms with E-state index in [0.717, 1.165) is 11.1 Å². The summed E-state index contributed by atoms with van der Waals surface area (Å²) in [5.41, 5.74) is 4.81. The first-order chi connectivity index (χ1) is 38.2. The van der Waals surface area contributed by atoms with Crippen LogP contribution in [-0.2, 0) is 6.42 Å². The molecule has 4 amide bonds. The second-order valence-corrected chi connectivity index (χ2v) is 19.5. The number of fused-ring (bicyclic) bond motifs is 2. The highest BCUT2D eigenvalue weighted by Gasteiger charge is 2.23. The maximum atomic E-state index is 13.7. The van der Waals surface area contributed by atoms with Gasteiger partial charge in [0.05, 0.1) is 21.2 Å². The third kappa shape index (κ3) is 12.4. The molecule has 0 fully saturated rings. The fraction of sp³-hybridized carbons (Fsp3) is 0.0164. The van der Waals surface area contributed by atoms with Crippen molar-refractivity contribution in [1.82, 2.24) is 0 Å². The largest absolute Gasteiger partial charge is 0.505 e. The lowest BCUT2D eigenvalue weighted by Gasteiger charge is -2.13. The van der Waals surface area contributed by atoms with Gasteiger partial charge in [0.25, 0.3) is 23.6 Å². The number of nitrogens with one attached hydrogen (secondary N) is 4. The monoisotopic (exact) mass is 1120 g/mol. The molecule has 10 aromatic rings. The molecule has 0 spiro atoms. The number of nitrogens with zero attached hydrogens (tertiary/aromatic N) is 4. The fourth-order valence-corrected chi connectivity index (χ4v) is 9.05. The van der Waals surface area contributed by atoms with Gasteiger partial charge in [0.2, 0.25) is 0 Å². The molecule has 388 valence electrons. The number of carbonyl (C=O) groups excluding carboxylic acids is 4. The second-order valence-electron chi connectivity index (χ2n) is 17.8. The van der Waals surface area contributed by atoms with Crippen molar-refractivity contribution in [2.45, 2.75) is 6.42 Å². The molecule has 10 rings (SSSR count). The lowest BCUT2D eigenvalue weighted by atomic mass is 10.00. The number of phenolic OH excluding ortho intramolecular Hbond substituents is 2. The molecule has 10 aromatic carbocycles. The van der Waals surface area contributed by atoms with Gasteiger partial charge >= 0.3 is 0 Å². The molecule has 79 heavy (non-hydrogen) atoms. The van der Waals surface area contributed by atoms with Gasteiger partial charge in [-0.05, 0) is 150 Å². The van der Waals surface area contributed by atoms with Crippen LogP contribution in [0.5, 0.6) is 11.5 Å². The summed E-state index contributed by atoms with van der Waals surface area (Å²) in [4.78, 5) is 54.6. The topological polar surface area (TPSA) is 206 Å². The third-order valence-corrected chi connectivity index (χ3v) is 13.5. The molecule has 0 atom stereocenters. The predicted octanol–water partition coefficient (Wildman–Crippen LogP) is 17.4. The first-order valence-electron chi connectivity index (χ1n) is 24.1. The summed E-state index contributed by atoms with van der Waals surface area (Å²) < 4.78 is 0. The number of benzene rings is 10. The lowest BCUT2D eigenvalue weighted by molar-refractivity contribution is 0.101. The van der Waals surface area contributed by atoms with E-state index in [1.54, 1.807) is 133 Å². The van der Waals surface area contributed by atoms with E-state index in [1.165, 1.54) is 24.3 Å². The van der Waals surface area contributed by atoms with E-state index in [0.29, 0.717) is 60.8 Å². The highest BCUT2D eigenvalue weighted by Crippen LogP contribution is 2.43. The van der Waals surface area contributed by atoms with Crippen LogP contribution in [0.25, 0.3) is 21.5 Å². The Kier molecular flexibility index (Phi) is 15.7. The van der Waals surface area contributed by atoms with E-state index in [2.05, 4.69) is 41.7 Å². The molecule has 0 aliphatic rings. The van der Waals surface area contributed by atoms with Crippen LogP contribution in [0.15, 0.2) is 215 Å². The Balaban J connectivity index is 0.823. The minimum absolute atomic E-state index is 0.0153. The third-order valence-electron chi connectivity index (χ3n) is 12.4. The average Bonchev–Trinajstić information content (AvgIpc) is 3.47. The summed E-state index contributed by atoms with van der Waals surface area (Å²) in [6.07, 6.45) is 0.546. The number of para-hydroxylation sites is 2. The first kappa shape index (κ1) is 53.0. The number of azo groups is 2. The SMILES string of the molecule is O=C(Nc1ccc(Cc2ccc(NC(=O)c3ccc4c(N=Nc5cc(Cl)ccc5Cl)c(O)c(C(=O)Nc5ccccc5)cc4c3)cc2)cc1)c1ccc2c(N=Nc3cc(Cl)ccc3Cl)c(O)c(C(=O)Nc3ccccc3)cc2c1. The first-order valence-corrected chi connectivity index (χ1v) is 25.6. The molecule has 18 heteroatoms. The fourth-order valence-electron chi connectivity index (χ4n) is 8.41. The Hall–Kier alpha value is -9.44. The normalized spacial score (nSPS) is 11.3. The molecule has 0 aromatic heterocycles. The van der Waals surface area contributed by atoms with Crippen molar-refractivity contribution >= 4 is 137 Å².